The van der Waals surface area contributed by atoms with Crippen molar-refractivity contribution in [3.05, 3.63) is 59.9 Å². The lowest BCUT2D eigenvalue weighted by Gasteiger charge is -2.25. The van der Waals surface area contributed by atoms with E-state index >= 15 is 0 Å². The standard InChI is InChI=1S/C21H27N3O3/c1-2-26-13-14-27-16-17-5-3-6-19(15-17)23-21(25)24-12-4-7-20(24)18-8-10-22-11-9-18/h3,5-6,8-11,15,20H,2,4,7,12-14,16H2,1H3,(H,23,25). The Morgan fingerprint density at radius 1 is 1.22 bits per heavy atom. The predicted molar refractivity (Wildman–Crippen MR) is 105 cm³/mol. The normalized spacial score (nSPS) is 16.5. The van der Waals surface area contributed by atoms with Crippen LogP contribution in [0.25, 0.3) is 0 Å². The molecule has 1 atom stereocenters. The Bertz CT molecular complexity index is 724. The minimum atomic E-state index is -0.0660. The second-order valence-corrected chi connectivity index (χ2v) is 6.51. The lowest BCUT2D eigenvalue weighted by atomic mass is 10.1. The van der Waals surface area contributed by atoms with Gasteiger partial charge < -0.3 is 19.7 Å². The molecule has 2 heterocycles. The number of nitrogens with one attached hydrogen (secondary N) is 1. The summed E-state index contributed by atoms with van der Waals surface area (Å²) in [5.74, 6) is 0. The van der Waals surface area contributed by atoms with Crippen LogP contribution in [0, 0.1) is 0 Å². The lowest BCUT2D eigenvalue weighted by Crippen LogP contribution is -2.34. The number of carbonyl (C=O) groups is 1. The van der Waals surface area contributed by atoms with E-state index in [1.807, 2.05) is 48.2 Å². The summed E-state index contributed by atoms with van der Waals surface area (Å²) < 4.78 is 10.9. The van der Waals surface area contributed by atoms with E-state index < -0.39 is 0 Å². The quantitative estimate of drug-likeness (QED) is 0.714. The first-order valence-electron chi connectivity index (χ1n) is 9.50. The zero-order chi connectivity index (χ0) is 18.9. The molecule has 144 valence electrons. The van der Waals surface area contributed by atoms with Crippen molar-refractivity contribution >= 4 is 11.7 Å². The third-order valence-electron chi connectivity index (χ3n) is 4.63. The van der Waals surface area contributed by atoms with Gasteiger partial charge in [0.05, 0.1) is 25.9 Å². The Morgan fingerprint density at radius 3 is 2.85 bits per heavy atom. The Kier molecular flexibility index (Phi) is 7.19. The van der Waals surface area contributed by atoms with Crippen molar-refractivity contribution in [1.29, 1.82) is 0 Å². The maximum atomic E-state index is 12.8. The highest BCUT2D eigenvalue weighted by atomic mass is 16.5. The van der Waals surface area contributed by atoms with E-state index in [1.165, 1.54) is 0 Å². The Morgan fingerprint density at radius 2 is 2.04 bits per heavy atom. The summed E-state index contributed by atoms with van der Waals surface area (Å²) in [6, 6.07) is 11.8. The van der Waals surface area contributed by atoms with Gasteiger partial charge >= 0.3 is 6.03 Å². The van der Waals surface area contributed by atoms with Gasteiger partial charge in [-0.1, -0.05) is 12.1 Å². The summed E-state index contributed by atoms with van der Waals surface area (Å²) in [6.07, 6.45) is 5.54. The van der Waals surface area contributed by atoms with Crippen LogP contribution in [0.5, 0.6) is 0 Å². The van der Waals surface area contributed by atoms with Crippen molar-refractivity contribution in [2.75, 3.05) is 31.7 Å². The number of likely N-dealkylation sites (tertiary alicyclic amines) is 1. The molecule has 0 saturated carbocycles. The van der Waals surface area contributed by atoms with Crippen LogP contribution in [-0.2, 0) is 16.1 Å². The molecule has 1 N–H and O–H groups in total. The third-order valence-corrected chi connectivity index (χ3v) is 4.63. The predicted octanol–water partition coefficient (Wildman–Crippen LogP) is 4.00. The molecule has 0 spiro atoms. The van der Waals surface area contributed by atoms with E-state index in [-0.39, 0.29) is 12.1 Å². The molecular formula is C21H27N3O3. The average Bonchev–Trinajstić information content (AvgIpc) is 3.19. The highest BCUT2D eigenvalue weighted by Crippen LogP contribution is 2.32. The van der Waals surface area contributed by atoms with Gasteiger partial charge in [-0.05, 0) is 55.2 Å². The van der Waals surface area contributed by atoms with Crippen LogP contribution < -0.4 is 5.32 Å². The molecule has 1 aliphatic rings. The van der Waals surface area contributed by atoms with E-state index in [0.717, 1.165) is 36.2 Å². The van der Waals surface area contributed by atoms with Crippen LogP contribution in [0.3, 0.4) is 0 Å². The number of nitrogens with zero attached hydrogens (tertiary/aromatic N) is 2. The Balaban J connectivity index is 1.56. The molecule has 1 unspecified atom stereocenters. The minimum Gasteiger partial charge on any atom is -0.379 e. The number of pyridine rings is 1. The molecule has 3 rings (SSSR count). The molecule has 1 aliphatic heterocycles. The van der Waals surface area contributed by atoms with Gasteiger partial charge in [-0.2, -0.15) is 0 Å². The van der Waals surface area contributed by atoms with Crippen molar-refractivity contribution in [3.8, 4) is 0 Å². The number of rotatable bonds is 8. The van der Waals surface area contributed by atoms with Crippen molar-refractivity contribution in [1.82, 2.24) is 9.88 Å². The number of benzene rings is 1. The van der Waals surface area contributed by atoms with Gasteiger partial charge in [0, 0.05) is 31.2 Å². The largest absolute Gasteiger partial charge is 0.379 e. The number of ether oxygens (including phenoxy) is 2. The van der Waals surface area contributed by atoms with Crippen molar-refractivity contribution in [2.24, 2.45) is 0 Å². The zero-order valence-electron chi connectivity index (χ0n) is 15.8. The molecule has 27 heavy (non-hydrogen) atoms. The fourth-order valence-corrected chi connectivity index (χ4v) is 3.33. The van der Waals surface area contributed by atoms with Crippen molar-refractivity contribution < 1.29 is 14.3 Å². The van der Waals surface area contributed by atoms with Crippen molar-refractivity contribution in [3.63, 3.8) is 0 Å². The summed E-state index contributed by atoms with van der Waals surface area (Å²) in [5, 5.41) is 3.03. The maximum absolute atomic E-state index is 12.8. The number of hydrogen-bond donors (Lipinski definition) is 1. The topological polar surface area (TPSA) is 63.7 Å². The van der Waals surface area contributed by atoms with Crippen LogP contribution >= 0.6 is 0 Å². The van der Waals surface area contributed by atoms with Gasteiger partial charge in [0.2, 0.25) is 0 Å². The van der Waals surface area contributed by atoms with E-state index in [1.54, 1.807) is 12.4 Å². The number of carbonyl (C=O) groups excluding carboxylic acids is 1. The Hall–Kier alpha value is -2.44. The molecule has 1 saturated heterocycles. The van der Waals surface area contributed by atoms with E-state index in [4.69, 9.17) is 9.47 Å². The molecule has 0 aliphatic carbocycles. The maximum Gasteiger partial charge on any atom is 0.322 e. The highest BCUT2D eigenvalue weighted by Gasteiger charge is 2.29. The van der Waals surface area contributed by atoms with Gasteiger partial charge in [-0.25, -0.2) is 4.79 Å². The fraction of sp³-hybridized carbons (Fsp3) is 0.429. The van der Waals surface area contributed by atoms with Crippen molar-refractivity contribution in [2.45, 2.75) is 32.4 Å². The SMILES string of the molecule is CCOCCOCc1cccc(NC(=O)N2CCCC2c2ccncc2)c1. The van der Waals surface area contributed by atoms with Gasteiger partial charge in [-0.15, -0.1) is 0 Å². The van der Waals surface area contributed by atoms with E-state index in [0.29, 0.717) is 26.4 Å². The highest BCUT2D eigenvalue weighted by molar-refractivity contribution is 5.89. The number of urea groups is 1. The second-order valence-electron chi connectivity index (χ2n) is 6.51. The summed E-state index contributed by atoms with van der Waals surface area (Å²) in [5.41, 5.74) is 2.94. The van der Waals surface area contributed by atoms with Crippen LogP contribution in [-0.4, -0.2) is 42.3 Å². The first-order valence-corrected chi connectivity index (χ1v) is 9.50. The van der Waals surface area contributed by atoms with Gasteiger partial charge in [0.15, 0.2) is 0 Å². The summed E-state index contributed by atoms with van der Waals surface area (Å²) in [4.78, 5) is 18.8. The zero-order valence-corrected chi connectivity index (χ0v) is 15.8. The molecule has 6 nitrogen and oxygen atoms in total. The number of amides is 2. The van der Waals surface area contributed by atoms with E-state index in [2.05, 4.69) is 10.3 Å². The summed E-state index contributed by atoms with van der Waals surface area (Å²) >= 11 is 0. The van der Waals surface area contributed by atoms with Crippen LogP contribution in [0.15, 0.2) is 48.8 Å². The van der Waals surface area contributed by atoms with Gasteiger partial charge in [-0.3, -0.25) is 4.98 Å². The third kappa shape index (κ3) is 5.52. The summed E-state index contributed by atoms with van der Waals surface area (Å²) in [7, 11) is 0. The fourth-order valence-electron chi connectivity index (χ4n) is 3.33. The molecule has 1 aromatic carbocycles. The molecule has 6 heteroatoms. The van der Waals surface area contributed by atoms with Crippen LogP contribution in [0.4, 0.5) is 10.5 Å². The summed E-state index contributed by atoms with van der Waals surface area (Å²) in [6.45, 7) is 5.08. The first-order chi connectivity index (χ1) is 13.3. The first kappa shape index (κ1) is 19.3. The molecule has 0 bridgehead atoms. The lowest BCUT2D eigenvalue weighted by molar-refractivity contribution is 0.0453. The Labute approximate surface area is 160 Å². The van der Waals surface area contributed by atoms with Gasteiger partial charge in [0.1, 0.15) is 0 Å². The molecule has 1 aromatic heterocycles. The van der Waals surface area contributed by atoms with E-state index in [9.17, 15) is 4.79 Å². The monoisotopic (exact) mass is 369 g/mol. The number of hydrogen-bond acceptors (Lipinski definition) is 4. The molecule has 1 fully saturated rings. The number of aromatic nitrogens is 1. The van der Waals surface area contributed by atoms with Crippen LogP contribution in [0.2, 0.25) is 0 Å². The smallest absolute Gasteiger partial charge is 0.322 e. The number of anilines is 1. The van der Waals surface area contributed by atoms with Gasteiger partial charge in [0.25, 0.3) is 0 Å². The molecular weight excluding hydrogens is 342 g/mol. The molecule has 2 aromatic rings. The molecule has 0 radical (unpaired) electrons. The second kappa shape index (κ2) is 10.0. The van der Waals surface area contributed by atoms with Crippen LogP contribution in [0.1, 0.15) is 36.9 Å². The average molecular weight is 369 g/mol. The minimum absolute atomic E-state index is 0.0660. The molecule has 2 amide bonds.